The lowest BCUT2D eigenvalue weighted by Crippen LogP contribution is -2.36. The summed E-state index contributed by atoms with van der Waals surface area (Å²) in [7, 11) is 0. The Labute approximate surface area is 105 Å². The predicted molar refractivity (Wildman–Crippen MR) is 68.1 cm³/mol. The Morgan fingerprint density at radius 3 is 2.88 bits per heavy atom. The third-order valence-electron chi connectivity index (χ3n) is 3.18. The van der Waals surface area contributed by atoms with Gasteiger partial charge in [0, 0.05) is 11.3 Å². The fourth-order valence-corrected chi connectivity index (χ4v) is 3.55. The van der Waals surface area contributed by atoms with Crippen LogP contribution in [0.3, 0.4) is 0 Å². The van der Waals surface area contributed by atoms with E-state index in [1.54, 1.807) is 6.07 Å². The van der Waals surface area contributed by atoms with E-state index in [-0.39, 0.29) is 6.04 Å². The number of hydrogen-bond acceptors (Lipinski definition) is 2. The quantitative estimate of drug-likeness (QED) is 0.900. The Kier molecular flexibility index (Phi) is 4.40. The predicted octanol–water partition coefficient (Wildman–Crippen LogP) is 3.12. The monoisotopic (exact) mass is 257 g/mol. The van der Waals surface area contributed by atoms with Gasteiger partial charge in [0.2, 0.25) is 0 Å². The summed E-state index contributed by atoms with van der Waals surface area (Å²) in [5, 5.41) is 0.381. The highest BCUT2D eigenvalue weighted by Crippen LogP contribution is 2.28. The molecule has 4 heteroatoms. The molecule has 1 aromatic rings. The highest BCUT2D eigenvalue weighted by Gasteiger charge is 2.22. The number of hydrogen-bond donors (Lipinski definition) is 1. The Morgan fingerprint density at radius 1 is 1.35 bits per heavy atom. The molecule has 0 spiro atoms. The van der Waals surface area contributed by atoms with Crippen LogP contribution in [0.25, 0.3) is 0 Å². The molecule has 1 aliphatic rings. The molecule has 1 fully saturated rings. The SMILES string of the molecule is NC(Cc1cccc(F)c1F)C1CCCCS1. The molecule has 0 saturated carbocycles. The molecule has 17 heavy (non-hydrogen) atoms. The van der Waals surface area contributed by atoms with Crippen LogP contribution in [0.5, 0.6) is 0 Å². The van der Waals surface area contributed by atoms with Crippen LogP contribution in [-0.4, -0.2) is 17.0 Å². The van der Waals surface area contributed by atoms with Gasteiger partial charge in [-0.15, -0.1) is 0 Å². The van der Waals surface area contributed by atoms with Crippen LogP contribution in [0, 0.1) is 11.6 Å². The van der Waals surface area contributed by atoms with Crippen molar-refractivity contribution in [1.82, 2.24) is 0 Å². The summed E-state index contributed by atoms with van der Waals surface area (Å²) in [5.41, 5.74) is 6.48. The number of thioether (sulfide) groups is 1. The molecule has 1 heterocycles. The first-order valence-electron chi connectivity index (χ1n) is 5.98. The van der Waals surface area contributed by atoms with E-state index < -0.39 is 11.6 Å². The minimum absolute atomic E-state index is 0.0865. The molecule has 0 radical (unpaired) electrons. The summed E-state index contributed by atoms with van der Waals surface area (Å²) in [5.74, 6) is -0.404. The lowest BCUT2D eigenvalue weighted by Gasteiger charge is -2.27. The van der Waals surface area contributed by atoms with Crippen LogP contribution < -0.4 is 5.73 Å². The van der Waals surface area contributed by atoms with Crippen molar-refractivity contribution < 1.29 is 8.78 Å². The van der Waals surface area contributed by atoms with Crippen molar-refractivity contribution in [2.24, 2.45) is 5.73 Å². The number of rotatable bonds is 3. The van der Waals surface area contributed by atoms with Gasteiger partial charge in [-0.2, -0.15) is 11.8 Å². The fourth-order valence-electron chi connectivity index (χ4n) is 2.19. The van der Waals surface area contributed by atoms with Crippen LogP contribution in [0.2, 0.25) is 0 Å². The molecule has 1 nitrogen and oxygen atoms in total. The molecule has 94 valence electrons. The summed E-state index contributed by atoms with van der Waals surface area (Å²) in [6.07, 6.45) is 3.93. The number of nitrogens with two attached hydrogens (primary N) is 1. The number of benzene rings is 1. The van der Waals surface area contributed by atoms with Gasteiger partial charge in [-0.25, -0.2) is 8.78 Å². The lowest BCUT2D eigenvalue weighted by molar-refractivity contribution is 0.487. The van der Waals surface area contributed by atoms with Gasteiger partial charge >= 0.3 is 0 Å². The summed E-state index contributed by atoms with van der Waals surface area (Å²) < 4.78 is 26.5. The van der Waals surface area contributed by atoms with Crippen molar-refractivity contribution in [3.63, 3.8) is 0 Å². The highest BCUT2D eigenvalue weighted by molar-refractivity contribution is 8.00. The first-order valence-corrected chi connectivity index (χ1v) is 7.03. The average Bonchev–Trinajstić information content (AvgIpc) is 2.36. The number of halogens is 2. The van der Waals surface area contributed by atoms with Crippen molar-refractivity contribution in [3.8, 4) is 0 Å². The van der Waals surface area contributed by atoms with E-state index in [9.17, 15) is 8.78 Å². The van der Waals surface area contributed by atoms with Gasteiger partial charge in [0.25, 0.3) is 0 Å². The van der Waals surface area contributed by atoms with Gasteiger partial charge in [-0.05, 0) is 36.6 Å². The summed E-state index contributed by atoms with van der Waals surface area (Å²) in [6.45, 7) is 0. The minimum atomic E-state index is -0.786. The van der Waals surface area contributed by atoms with Gasteiger partial charge in [-0.1, -0.05) is 18.6 Å². The molecule has 2 atom stereocenters. The Bertz CT molecular complexity index is 378. The third kappa shape index (κ3) is 3.19. The third-order valence-corrected chi connectivity index (χ3v) is 4.72. The van der Waals surface area contributed by atoms with Crippen molar-refractivity contribution >= 4 is 11.8 Å². The zero-order valence-corrected chi connectivity index (χ0v) is 10.5. The molecule has 1 aliphatic heterocycles. The summed E-state index contributed by atoms with van der Waals surface area (Å²) >= 11 is 1.86. The van der Waals surface area contributed by atoms with E-state index in [4.69, 9.17) is 5.73 Å². The maximum atomic E-state index is 13.5. The molecular formula is C13H17F2NS. The Morgan fingerprint density at radius 2 is 2.18 bits per heavy atom. The second-order valence-electron chi connectivity index (χ2n) is 4.49. The molecule has 0 aromatic heterocycles. The van der Waals surface area contributed by atoms with E-state index in [1.807, 2.05) is 11.8 Å². The fraction of sp³-hybridized carbons (Fsp3) is 0.538. The van der Waals surface area contributed by atoms with Crippen LogP contribution in [0.1, 0.15) is 24.8 Å². The van der Waals surface area contributed by atoms with E-state index in [2.05, 4.69) is 0 Å². The average molecular weight is 257 g/mol. The Balaban J connectivity index is 2.01. The molecule has 0 aliphatic carbocycles. The normalized spacial score (nSPS) is 22.4. The largest absolute Gasteiger partial charge is 0.326 e. The highest BCUT2D eigenvalue weighted by atomic mass is 32.2. The smallest absolute Gasteiger partial charge is 0.162 e. The molecular weight excluding hydrogens is 240 g/mol. The second-order valence-corrected chi connectivity index (χ2v) is 5.83. The first-order chi connectivity index (χ1) is 8.18. The van der Waals surface area contributed by atoms with Gasteiger partial charge < -0.3 is 5.73 Å². The van der Waals surface area contributed by atoms with Crippen LogP contribution in [0.4, 0.5) is 8.78 Å². The minimum Gasteiger partial charge on any atom is -0.326 e. The molecule has 2 N–H and O–H groups in total. The van der Waals surface area contributed by atoms with E-state index in [0.717, 1.165) is 18.2 Å². The Hall–Kier alpha value is -0.610. The molecule has 2 unspecified atom stereocenters. The maximum Gasteiger partial charge on any atom is 0.162 e. The van der Waals surface area contributed by atoms with E-state index in [1.165, 1.54) is 18.9 Å². The van der Waals surface area contributed by atoms with Crippen molar-refractivity contribution in [1.29, 1.82) is 0 Å². The molecule has 1 aromatic carbocycles. The maximum absolute atomic E-state index is 13.5. The van der Waals surface area contributed by atoms with E-state index in [0.29, 0.717) is 17.2 Å². The van der Waals surface area contributed by atoms with Gasteiger partial charge in [0.15, 0.2) is 11.6 Å². The second kappa shape index (κ2) is 5.83. The lowest BCUT2D eigenvalue weighted by atomic mass is 10.00. The van der Waals surface area contributed by atoms with Gasteiger partial charge in [-0.3, -0.25) is 0 Å². The van der Waals surface area contributed by atoms with Crippen LogP contribution in [-0.2, 0) is 6.42 Å². The zero-order valence-electron chi connectivity index (χ0n) is 9.66. The summed E-state index contributed by atoms with van der Waals surface area (Å²) in [6, 6.07) is 4.21. The molecule has 1 saturated heterocycles. The van der Waals surface area contributed by atoms with Crippen LogP contribution in [0.15, 0.2) is 18.2 Å². The van der Waals surface area contributed by atoms with Crippen LogP contribution >= 0.6 is 11.8 Å². The molecule has 0 amide bonds. The van der Waals surface area contributed by atoms with Gasteiger partial charge in [0.1, 0.15) is 0 Å². The standard InChI is InChI=1S/C13H17F2NS/c14-10-5-3-4-9(13(10)15)8-11(16)12-6-1-2-7-17-12/h3-5,11-12H,1-2,6-8,16H2. The molecule has 2 rings (SSSR count). The van der Waals surface area contributed by atoms with Gasteiger partial charge in [0.05, 0.1) is 0 Å². The zero-order chi connectivity index (χ0) is 12.3. The first kappa shape index (κ1) is 12.8. The van der Waals surface area contributed by atoms with Crippen molar-refractivity contribution in [3.05, 3.63) is 35.4 Å². The van der Waals surface area contributed by atoms with E-state index >= 15 is 0 Å². The summed E-state index contributed by atoms with van der Waals surface area (Å²) in [4.78, 5) is 0. The van der Waals surface area contributed by atoms with Crippen molar-refractivity contribution in [2.45, 2.75) is 37.0 Å². The topological polar surface area (TPSA) is 26.0 Å². The molecule has 0 bridgehead atoms. The van der Waals surface area contributed by atoms with Crippen molar-refractivity contribution in [2.75, 3.05) is 5.75 Å².